The van der Waals surface area contributed by atoms with Gasteiger partial charge in [0.25, 0.3) is 0 Å². The lowest BCUT2D eigenvalue weighted by Gasteiger charge is -2.04. The lowest BCUT2D eigenvalue weighted by Crippen LogP contribution is -1.87. The van der Waals surface area contributed by atoms with E-state index in [-0.39, 0.29) is 11.2 Å². The van der Waals surface area contributed by atoms with Crippen molar-refractivity contribution in [1.82, 2.24) is 0 Å². The Bertz CT molecular complexity index is 325. The van der Waals surface area contributed by atoms with Gasteiger partial charge in [-0.25, -0.2) is 4.39 Å². The van der Waals surface area contributed by atoms with Gasteiger partial charge in [0.1, 0.15) is 5.82 Å². The van der Waals surface area contributed by atoms with Crippen LogP contribution in [0.15, 0.2) is 16.6 Å². The molecule has 0 nitrogen and oxygen atoms in total. The molecule has 0 N–H and O–H groups in total. The monoisotopic (exact) mass is 248 g/mol. The molecule has 0 aliphatic heterocycles. The molecule has 2 rings (SSSR count). The number of rotatable bonds is 0. The number of halogens is 3. The van der Waals surface area contributed by atoms with Crippen molar-refractivity contribution < 1.29 is 4.39 Å². The third-order valence-electron chi connectivity index (χ3n) is 2.18. The van der Waals surface area contributed by atoms with Crippen LogP contribution in [-0.2, 0) is 6.42 Å². The van der Waals surface area contributed by atoms with E-state index in [9.17, 15) is 4.39 Å². The topological polar surface area (TPSA) is 0 Å². The van der Waals surface area contributed by atoms with Crippen molar-refractivity contribution >= 4 is 27.5 Å². The number of benzene rings is 1. The molecule has 1 atom stereocenters. The molecule has 0 fully saturated rings. The van der Waals surface area contributed by atoms with E-state index in [0.29, 0.717) is 0 Å². The van der Waals surface area contributed by atoms with Crippen LogP contribution in [-0.4, -0.2) is 0 Å². The minimum atomic E-state index is -0.215. The van der Waals surface area contributed by atoms with Crippen molar-refractivity contribution in [1.29, 1.82) is 0 Å². The molecule has 0 bridgehead atoms. The highest BCUT2D eigenvalue weighted by molar-refractivity contribution is 9.10. The second kappa shape index (κ2) is 3.00. The molecule has 1 unspecified atom stereocenters. The highest BCUT2D eigenvalue weighted by Gasteiger charge is 2.22. The van der Waals surface area contributed by atoms with Crippen molar-refractivity contribution in [3.05, 3.63) is 33.5 Å². The quantitative estimate of drug-likeness (QED) is 0.613. The third-order valence-corrected chi connectivity index (χ3v) is 3.34. The summed E-state index contributed by atoms with van der Waals surface area (Å²) in [6.07, 6.45) is 1.86. The third kappa shape index (κ3) is 1.27. The summed E-state index contributed by atoms with van der Waals surface area (Å²) in [6.45, 7) is 0. The molecular weight excluding hydrogens is 242 g/mol. The van der Waals surface area contributed by atoms with Gasteiger partial charge in [-0.05, 0) is 36.1 Å². The van der Waals surface area contributed by atoms with Gasteiger partial charge in [0, 0.05) is 4.47 Å². The highest BCUT2D eigenvalue weighted by atomic mass is 79.9. The van der Waals surface area contributed by atoms with Gasteiger partial charge in [-0.1, -0.05) is 15.9 Å². The predicted molar refractivity (Wildman–Crippen MR) is 51.0 cm³/mol. The standard InChI is InChI=1S/C9H7BrClF/c10-8-4-5(12)3-7-6(8)1-2-9(7)11/h3-4,9H,1-2H2. The molecule has 0 radical (unpaired) electrons. The van der Waals surface area contributed by atoms with E-state index in [1.807, 2.05) is 0 Å². The smallest absolute Gasteiger partial charge is 0.124 e. The van der Waals surface area contributed by atoms with Crippen molar-refractivity contribution in [2.24, 2.45) is 0 Å². The molecule has 12 heavy (non-hydrogen) atoms. The predicted octanol–water partition coefficient (Wildman–Crippen LogP) is 3.81. The zero-order valence-electron chi connectivity index (χ0n) is 6.28. The van der Waals surface area contributed by atoms with Crippen LogP contribution in [0.1, 0.15) is 22.9 Å². The van der Waals surface area contributed by atoms with E-state index in [1.165, 1.54) is 12.1 Å². The van der Waals surface area contributed by atoms with Crippen LogP contribution >= 0.6 is 27.5 Å². The van der Waals surface area contributed by atoms with E-state index >= 15 is 0 Å². The molecule has 1 aromatic rings. The Hall–Kier alpha value is -0.0800. The molecule has 0 saturated carbocycles. The molecule has 0 amide bonds. The summed E-state index contributed by atoms with van der Waals surface area (Å²) in [5.74, 6) is -0.215. The van der Waals surface area contributed by atoms with E-state index in [2.05, 4.69) is 15.9 Å². The maximum absolute atomic E-state index is 12.9. The first-order chi connectivity index (χ1) is 5.68. The van der Waals surface area contributed by atoms with Crippen LogP contribution in [0.2, 0.25) is 0 Å². The number of hydrogen-bond donors (Lipinski definition) is 0. The van der Waals surface area contributed by atoms with E-state index in [0.717, 1.165) is 28.4 Å². The van der Waals surface area contributed by atoms with Crippen molar-refractivity contribution in [3.8, 4) is 0 Å². The van der Waals surface area contributed by atoms with Gasteiger partial charge in [0.15, 0.2) is 0 Å². The fourth-order valence-electron chi connectivity index (χ4n) is 1.59. The zero-order valence-corrected chi connectivity index (χ0v) is 8.62. The van der Waals surface area contributed by atoms with Crippen LogP contribution in [0.5, 0.6) is 0 Å². The van der Waals surface area contributed by atoms with Gasteiger partial charge in [0.2, 0.25) is 0 Å². The average molecular weight is 250 g/mol. The number of fused-ring (bicyclic) bond motifs is 1. The number of hydrogen-bond acceptors (Lipinski definition) is 0. The van der Waals surface area contributed by atoms with Gasteiger partial charge in [-0.15, -0.1) is 11.6 Å². The van der Waals surface area contributed by atoms with Gasteiger partial charge in [0.05, 0.1) is 5.38 Å². The fraction of sp³-hybridized carbons (Fsp3) is 0.333. The maximum atomic E-state index is 12.9. The summed E-state index contributed by atoms with van der Waals surface area (Å²) < 4.78 is 13.8. The summed E-state index contributed by atoms with van der Waals surface area (Å²) in [5, 5.41) is -0.00741. The molecule has 64 valence electrons. The molecule has 0 heterocycles. The van der Waals surface area contributed by atoms with Crippen LogP contribution in [0.4, 0.5) is 4.39 Å². The van der Waals surface area contributed by atoms with E-state index in [1.54, 1.807) is 0 Å². The van der Waals surface area contributed by atoms with Gasteiger partial charge >= 0.3 is 0 Å². The highest BCUT2D eigenvalue weighted by Crippen LogP contribution is 2.39. The summed E-state index contributed by atoms with van der Waals surface area (Å²) in [4.78, 5) is 0. The fourth-order valence-corrected chi connectivity index (χ4v) is 2.54. The maximum Gasteiger partial charge on any atom is 0.124 e. The summed E-state index contributed by atoms with van der Waals surface area (Å²) in [7, 11) is 0. The van der Waals surface area contributed by atoms with Crippen LogP contribution in [0, 0.1) is 5.82 Å². The summed E-state index contributed by atoms with van der Waals surface area (Å²) in [5.41, 5.74) is 2.11. The Morgan fingerprint density at radius 3 is 3.00 bits per heavy atom. The van der Waals surface area contributed by atoms with Gasteiger partial charge in [-0.3, -0.25) is 0 Å². The van der Waals surface area contributed by atoms with Crippen molar-refractivity contribution in [2.75, 3.05) is 0 Å². The zero-order chi connectivity index (χ0) is 8.72. The largest absolute Gasteiger partial charge is 0.207 e. The molecule has 1 aliphatic rings. The lowest BCUT2D eigenvalue weighted by atomic mass is 10.1. The molecule has 0 spiro atoms. The van der Waals surface area contributed by atoms with Gasteiger partial charge in [-0.2, -0.15) is 0 Å². The van der Waals surface area contributed by atoms with Crippen LogP contribution in [0.3, 0.4) is 0 Å². The van der Waals surface area contributed by atoms with E-state index < -0.39 is 0 Å². The molecule has 0 saturated heterocycles. The first-order valence-electron chi connectivity index (χ1n) is 3.80. The van der Waals surface area contributed by atoms with E-state index in [4.69, 9.17) is 11.6 Å². The van der Waals surface area contributed by atoms with Crippen molar-refractivity contribution in [3.63, 3.8) is 0 Å². The minimum Gasteiger partial charge on any atom is -0.207 e. The first-order valence-corrected chi connectivity index (χ1v) is 5.03. The Balaban J connectivity index is 2.60. The minimum absolute atomic E-state index is 0.00741. The second-order valence-electron chi connectivity index (χ2n) is 2.96. The van der Waals surface area contributed by atoms with Gasteiger partial charge < -0.3 is 0 Å². The summed E-state index contributed by atoms with van der Waals surface area (Å²) in [6, 6.07) is 3.03. The van der Waals surface area contributed by atoms with Crippen LogP contribution in [0.25, 0.3) is 0 Å². The molecule has 3 heteroatoms. The molecule has 1 aliphatic carbocycles. The average Bonchev–Trinajstić information content (AvgIpc) is 2.33. The van der Waals surface area contributed by atoms with Crippen molar-refractivity contribution in [2.45, 2.75) is 18.2 Å². The second-order valence-corrected chi connectivity index (χ2v) is 4.34. The van der Waals surface area contributed by atoms with Crippen LogP contribution < -0.4 is 0 Å². The SMILES string of the molecule is Fc1cc(Br)c2c(c1)C(Cl)CC2. The first kappa shape index (κ1) is 8.52. The Labute approximate surface area is 83.9 Å². The normalized spacial score (nSPS) is 21.1. The summed E-state index contributed by atoms with van der Waals surface area (Å²) >= 11 is 9.33. The Morgan fingerprint density at radius 2 is 2.25 bits per heavy atom. The lowest BCUT2D eigenvalue weighted by molar-refractivity contribution is 0.624. The molecule has 0 aromatic heterocycles. The Kier molecular flexibility index (Phi) is 2.13. The molecule has 1 aromatic carbocycles. The molecular formula is C9H7BrClF. The Morgan fingerprint density at radius 1 is 1.50 bits per heavy atom. The number of alkyl halides is 1.